The Morgan fingerprint density at radius 1 is 1.36 bits per heavy atom. The van der Waals surface area contributed by atoms with E-state index < -0.39 is 10.8 Å². The molecule has 3 aliphatic rings. The molecule has 4 atom stereocenters. The molecule has 0 saturated heterocycles. The van der Waals surface area contributed by atoms with Crippen molar-refractivity contribution in [3.05, 3.63) is 65.2 Å². The molecule has 4 rings (SSSR count). The predicted molar refractivity (Wildman–Crippen MR) is 100 cm³/mol. The number of hydrogen-bond acceptors (Lipinski definition) is 1. The van der Waals surface area contributed by atoms with Gasteiger partial charge < -0.3 is 5.32 Å². The van der Waals surface area contributed by atoms with Gasteiger partial charge in [0, 0.05) is 16.5 Å². The Labute approximate surface area is 153 Å². The van der Waals surface area contributed by atoms with Crippen LogP contribution in [0.5, 0.6) is 0 Å². The topological polar surface area (TPSA) is 33.5 Å². The van der Waals surface area contributed by atoms with E-state index in [-0.39, 0.29) is 22.6 Å². The number of fused-ring (bicyclic) bond motifs is 4. The Hall–Kier alpha value is -2.05. The first-order valence-electron chi connectivity index (χ1n) is 8.58. The summed E-state index contributed by atoms with van der Waals surface area (Å²) >= 11 is 6.70. The van der Waals surface area contributed by atoms with E-state index in [1.807, 2.05) is 31.2 Å². The van der Waals surface area contributed by atoms with Crippen LogP contribution in [0.4, 0.5) is 5.69 Å². The molecule has 128 valence electrons. The van der Waals surface area contributed by atoms with Crippen LogP contribution in [0.1, 0.15) is 32.8 Å². The number of carbonyl (C=O) groups is 1. The van der Waals surface area contributed by atoms with E-state index in [1.54, 1.807) is 6.08 Å². The summed E-state index contributed by atoms with van der Waals surface area (Å²) in [5.74, 6) is 0.106. The van der Waals surface area contributed by atoms with Crippen LogP contribution in [-0.4, -0.2) is 11.3 Å². The van der Waals surface area contributed by atoms with Crippen LogP contribution >= 0.6 is 11.6 Å². The number of amides is 1. The fourth-order valence-electron chi connectivity index (χ4n) is 5.37. The molecule has 1 amide bonds. The third kappa shape index (κ3) is 1.56. The van der Waals surface area contributed by atoms with Gasteiger partial charge in [-0.3, -0.25) is 4.79 Å². The van der Waals surface area contributed by atoms with E-state index in [0.717, 1.165) is 23.2 Å². The van der Waals surface area contributed by atoms with Crippen molar-refractivity contribution in [1.29, 1.82) is 0 Å². The fourth-order valence-corrected chi connectivity index (χ4v) is 5.74. The Morgan fingerprint density at radius 2 is 2.04 bits per heavy atom. The summed E-state index contributed by atoms with van der Waals surface area (Å²) in [6.45, 7) is 18.0. The van der Waals surface area contributed by atoms with Crippen LogP contribution in [0.15, 0.2) is 48.2 Å². The molecule has 2 aliphatic carbocycles. The van der Waals surface area contributed by atoms with E-state index in [1.165, 1.54) is 0 Å². The van der Waals surface area contributed by atoms with Crippen LogP contribution in [-0.2, 0) is 10.2 Å². The quantitative estimate of drug-likeness (QED) is 0.435. The highest BCUT2D eigenvalue weighted by Crippen LogP contribution is 2.73. The maximum atomic E-state index is 13.2. The summed E-state index contributed by atoms with van der Waals surface area (Å²) in [5, 5.41) is 2.85. The van der Waals surface area contributed by atoms with Gasteiger partial charge >= 0.3 is 0 Å². The first kappa shape index (κ1) is 16.4. The second kappa shape index (κ2) is 4.77. The first-order valence-corrected chi connectivity index (χ1v) is 9.01. The molecule has 1 heterocycles. The zero-order valence-corrected chi connectivity index (χ0v) is 15.4. The number of anilines is 1. The van der Waals surface area contributed by atoms with Crippen molar-refractivity contribution in [2.75, 3.05) is 5.32 Å². The third-order valence-electron chi connectivity index (χ3n) is 6.90. The second-order valence-electron chi connectivity index (χ2n) is 8.09. The highest BCUT2D eigenvalue weighted by Gasteiger charge is 2.73. The number of carbonyl (C=O) groups excluding carboxylic acids is 1. The minimum Gasteiger partial charge on any atom is -0.325 e. The number of hydrogen-bond donors (Lipinski definition) is 1. The number of para-hydroxylation sites is 1. The van der Waals surface area contributed by atoms with Gasteiger partial charge in [0.1, 0.15) is 0 Å². The van der Waals surface area contributed by atoms with Gasteiger partial charge in [0.05, 0.1) is 12.0 Å². The molecular weight excluding hydrogens is 332 g/mol. The average Bonchev–Trinajstić information content (AvgIpc) is 2.91. The minimum absolute atomic E-state index is 0.0227. The normalized spacial score (nSPS) is 37.6. The van der Waals surface area contributed by atoms with Gasteiger partial charge in [-0.05, 0) is 35.0 Å². The summed E-state index contributed by atoms with van der Waals surface area (Å²) in [4.78, 5) is 17.1. The van der Waals surface area contributed by atoms with E-state index in [9.17, 15) is 4.79 Å². The maximum absolute atomic E-state index is 13.2. The molecule has 1 fully saturated rings. The van der Waals surface area contributed by atoms with Gasteiger partial charge in [-0.1, -0.05) is 45.0 Å². The van der Waals surface area contributed by atoms with Crippen LogP contribution in [0.2, 0.25) is 0 Å². The van der Waals surface area contributed by atoms with Crippen molar-refractivity contribution in [2.24, 2.45) is 16.7 Å². The number of benzene rings is 1. The number of alkyl halides is 1. The lowest BCUT2D eigenvalue weighted by Gasteiger charge is -2.65. The standard InChI is InChI=1S/C21H21ClN2O/c1-6-20(4)15(22)11-13-16(17(20)23-5)21(19(13,2)3)12-9-7-8-10-14(12)24-18(21)25/h6-10,13,15H,1,11H2,2-4H3,(H,24,25)/t13-,15+,20+,21?/m1/s1. The average molecular weight is 353 g/mol. The molecular formula is C21H21ClN2O. The van der Waals surface area contributed by atoms with Crippen LogP contribution in [0, 0.1) is 23.3 Å². The van der Waals surface area contributed by atoms with Gasteiger partial charge in [-0.2, -0.15) is 0 Å². The van der Waals surface area contributed by atoms with E-state index in [4.69, 9.17) is 18.2 Å². The van der Waals surface area contributed by atoms with Gasteiger partial charge in [0.15, 0.2) is 5.70 Å². The molecule has 1 saturated carbocycles. The highest BCUT2D eigenvalue weighted by atomic mass is 35.5. The number of rotatable bonds is 1. The number of nitrogens with zero attached hydrogens (tertiary/aromatic N) is 1. The molecule has 0 radical (unpaired) electrons. The first-order chi connectivity index (χ1) is 11.8. The molecule has 1 unspecified atom stereocenters. The second-order valence-corrected chi connectivity index (χ2v) is 8.61. The number of nitrogens with one attached hydrogen (secondary N) is 1. The van der Waals surface area contributed by atoms with E-state index >= 15 is 0 Å². The zero-order chi connectivity index (χ0) is 18.2. The molecule has 4 heteroatoms. The van der Waals surface area contributed by atoms with Crippen LogP contribution in [0.25, 0.3) is 4.85 Å². The SMILES string of the molecule is [C-]#[N+]C1=C2[C@@H](C[C@H](Cl)[C@]1(C)C=C)C(C)(C)C21C(=O)Nc2ccccc21. The Bertz CT molecular complexity index is 893. The minimum atomic E-state index is -0.782. The molecule has 0 bridgehead atoms. The Kier molecular flexibility index (Phi) is 3.13. The summed E-state index contributed by atoms with van der Waals surface area (Å²) in [6, 6.07) is 7.83. The molecule has 3 nitrogen and oxygen atoms in total. The van der Waals surface area contributed by atoms with Gasteiger partial charge in [-0.25, -0.2) is 4.85 Å². The van der Waals surface area contributed by atoms with Gasteiger partial charge in [-0.15, -0.1) is 18.2 Å². The molecule has 1 aromatic carbocycles. The van der Waals surface area contributed by atoms with E-state index in [2.05, 4.69) is 30.6 Å². The van der Waals surface area contributed by atoms with Crippen LogP contribution < -0.4 is 5.32 Å². The smallest absolute Gasteiger partial charge is 0.238 e. The van der Waals surface area contributed by atoms with Crippen molar-refractivity contribution in [1.82, 2.24) is 0 Å². The third-order valence-corrected chi connectivity index (χ3v) is 7.54. The molecule has 1 spiro atoms. The van der Waals surface area contributed by atoms with Crippen molar-refractivity contribution in [3.8, 4) is 0 Å². The predicted octanol–water partition coefficient (Wildman–Crippen LogP) is 4.91. The monoisotopic (exact) mass is 352 g/mol. The molecule has 0 aromatic heterocycles. The van der Waals surface area contributed by atoms with Crippen LogP contribution in [0.3, 0.4) is 0 Å². The Morgan fingerprint density at radius 3 is 2.68 bits per heavy atom. The molecule has 1 N–H and O–H groups in total. The molecule has 1 aliphatic heterocycles. The lowest BCUT2D eigenvalue weighted by molar-refractivity contribution is -0.131. The molecule has 25 heavy (non-hydrogen) atoms. The van der Waals surface area contributed by atoms with Crippen molar-refractivity contribution in [3.63, 3.8) is 0 Å². The van der Waals surface area contributed by atoms with Gasteiger partial charge in [0.2, 0.25) is 5.91 Å². The highest BCUT2D eigenvalue weighted by molar-refractivity contribution is 6.22. The van der Waals surface area contributed by atoms with E-state index in [0.29, 0.717) is 5.70 Å². The maximum Gasteiger partial charge on any atom is 0.238 e. The fraction of sp³-hybridized carbons (Fsp3) is 0.429. The van der Waals surface area contributed by atoms with Crippen molar-refractivity contribution in [2.45, 2.75) is 38.0 Å². The number of allylic oxidation sites excluding steroid dienone is 1. The summed E-state index contributed by atoms with van der Waals surface area (Å²) < 4.78 is 0. The van der Waals surface area contributed by atoms with Crippen molar-refractivity contribution >= 4 is 23.2 Å². The number of halogens is 1. The summed E-state index contributed by atoms with van der Waals surface area (Å²) in [6.07, 6.45) is 2.53. The molecule has 1 aromatic rings. The van der Waals surface area contributed by atoms with Gasteiger partial charge in [0.25, 0.3) is 0 Å². The summed E-state index contributed by atoms with van der Waals surface area (Å²) in [7, 11) is 0. The lowest BCUT2D eigenvalue weighted by Crippen LogP contribution is -2.67. The summed E-state index contributed by atoms with van der Waals surface area (Å²) in [5.41, 5.74) is 1.69. The van der Waals surface area contributed by atoms with Crippen molar-refractivity contribution < 1.29 is 4.79 Å². The zero-order valence-electron chi connectivity index (χ0n) is 14.7. The lowest BCUT2D eigenvalue weighted by atomic mass is 9.37. The Balaban J connectivity index is 2.09. The largest absolute Gasteiger partial charge is 0.325 e.